The molecule has 0 atom stereocenters. The van der Waals surface area contributed by atoms with E-state index in [4.69, 9.17) is 9.47 Å². The number of hydrogen-bond donors (Lipinski definition) is 1. The second-order valence-electron chi connectivity index (χ2n) is 8.20. The maximum absolute atomic E-state index is 12.3. The van der Waals surface area contributed by atoms with Crippen molar-refractivity contribution in [1.82, 2.24) is 9.97 Å². The van der Waals surface area contributed by atoms with Crippen LogP contribution in [0.3, 0.4) is 0 Å². The largest absolute Gasteiger partial charge is 0.452 e. The number of pyridine rings is 1. The molecule has 0 spiro atoms. The molecule has 0 radical (unpaired) electrons. The number of carbonyl (C=O) groups excluding carboxylic acids is 2. The molecule has 1 aliphatic rings. The molecule has 5 rings (SSSR count). The first-order valence-corrected chi connectivity index (χ1v) is 12.1. The molecule has 2 aromatic heterocycles. The molecule has 1 fully saturated rings. The summed E-state index contributed by atoms with van der Waals surface area (Å²) in [5.74, 6) is -0.228. The van der Waals surface area contributed by atoms with Gasteiger partial charge in [-0.25, -0.2) is 14.8 Å². The van der Waals surface area contributed by atoms with E-state index in [-0.39, 0.29) is 6.61 Å². The molecule has 1 amide bonds. The number of nitrogens with zero attached hydrogens (tertiary/aromatic N) is 3. The summed E-state index contributed by atoms with van der Waals surface area (Å²) in [6.07, 6.45) is 1.47. The number of aromatic nitrogens is 2. The number of aryl methyl sites for hydroxylation is 1. The zero-order chi connectivity index (χ0) is 24.2. The number of rotatable bonds is 6. The van der Waals surface area contributed by atoms with Crippen LogP contribution in [0, 0.1) is 6.92 Å². The van der Waals surface area contributed by atoms with Crippen LogP contribution in [-0.4, -0.2) is 54.8 Å². The lowest BCUT2D eigenvalue weighted by molar-refractivity contribution is -0.119. The Bertz CT molecular complexity index is 1350. The van der Waals surface area contributed by atoms with Gasteiger partial charge >= 0.3 is 5.97 Å². The first-order chi connectivity index (χ1) is 17.0. The van der Waals surface area contributed by atoms with Gasteiger partial charge < -0.3 is 19.7 Å². The fourth-order valence-corrected chi connectivity index (χ4v) is 4.82. The van der Waals surface area contributed by atoms with Crippen LogP contribution < -0.4 is 10.2 Å². The molecule has 4 aromatic rings. The number of benzene rings is 2. The molecule has 8 nitrogen and oxygen atoms in total. The van der Waals surface area contributed by atoms with E-state index in [0.29, 0.717) is 24.5 Å². The third kappa shape index (κ3) is 5.47. The number of ether oxygens (including phenoxy) is 2. The van der Waals surface area contributed by atoms with E-state index in [1.165, 1.54) is 11.8 Å². The normalized spacial score (nSPS) is 13.6. The number of amides is 1. The highest BCUT2D eigenvalue weighted by atomic mass is 32.1. The molecular weight excluding hydrogens is 464 g/mol. The third-order valence-corrected chi connectivity index (χ3v) is 6.68. The maximum Gasteiger partial charge on any atom is 0.340 e. The number of hydrogen-bond acceptors (Lipinski definition) is 8. The van der Waals surface area contributed by atoms with Gasteiger partial charge in [0.1, 0.15) is 10.8 Å². The summed E-state index contributed by atoms with van der Waals surface area (Å²) in [7, 11) is 0. The molecule has 1 N–H and O–H groups in total. The number of esters is 1. The van der Waals surface area contributed by atoms with E-state index in [1.54, 1.807) is 35.6 Å². The number of carbonyl (C=O) groups is 2. The molecule has 1 aliphatic heterocycles. The molecule has 2 aromatic carbocycles. The summed E-state index contributed by atoms with van der Waals surface area (Å²) in [5.41, 5.74) is 4.06. The highest BCUT2D eigenvalue weighted by Gasteiger charge is 2.15. The van der Waals surface area contributed by atoms with Crippen molar-refractivity contribution in [3.05, 3.63) is 71.9 Å². The van der Waals surface area contributed by atoms with Gasteiger partial charge in [0, 0.05) is 30.5 Å². The molecule has 3 heterocycles. The highest BCUT2D eigenvalue weighted by Crippen LogP contribution is 2.31. The summed E-state index contributed by atoms with van der Waals surface area (Å²) in [6, 6.07) is 17.1. The van der Waals surface area contributed by atoms with Crippen LogP contribution in [0.5, 0.6) is 0 Å². The van der Waals surface area contributed by atoms with Crippen molar-refractivity contribution in [2.45, 2.75) is 6.92 Å². The van der Waals surface area contributed by atoms with Gasteiger partial charge in [-0.3, -0.25) is 4.79 Å². The van der Waals surface area contributed by atoms with Crippen LogP contribution in [0.1, 0.15) is 15.9 Å². The van der Waals surface area contributed by atoms with Crippen LogP contribution in [0.4, 0.5) is 11.5 Å². The molecule has 1 saturated heterocycles. The Hall–Kier alpha value is -3.82. The average molecular weight is 489 g/mol. The number of nitrogens with one attached hydrogen (secondary N) is 1. The first kappa shape index (κ1) is 22.9. The van der Waals surface area contributed by atoms with Crippen molar-refractivity contribution in [2.75, 3.05) is 43.1 Å². The van der Waals surface area contributed by atoms with Gasteiger partial charge in [0.25, 0.3) is 5.91 Å². The lowest BCUT2D eigenvalue weighted by atomic mass is 10.2. The molecule has 0 saturated carbocycles. The minimum Gasteiger partial charge on any atom is -0.452 e. The van der Waals surface area contributed by atoms with Crippen LogP contribution >= 0.6 is 11.3 Å². The Kier molecular flexibility index (Phi) is 6.69. The maximum atomic E-state index is 12.3. The second-order valence-corrected chi connectivity index (χ2v) is 9.23. The zero-order valence-electron chi connectivity index (χ0n) is 19.2. The fourth-order valence-electron chi connectivity index (χ4n) is 3.75. The highest BCUT2D eigenvalue weighted by molar-refractivity contribution is 7.21. The molecule has 0 aliphatic carbocycles. The van der Waals surface area contributed by atoms with E-state index >= 15 is 0 Å². The van der Waals surface area contributed by atoms with Crippen molar-refractivity contribution >= 4 is 44.9 Å². The zero-order valence-corrected chi connectivity index (χ0v) is 20.0. The van der Waals surface area contributed by atoms with Gasteiger partial charge in [-0.2, -0.15) is 0 Å². The van der Waals surface area contributed by atoms with E-state index in [2.05, 4.69) is 33.2 Å². The average Bonchev–Trinajstić information content (AvgIpc) is 3.31. The topological polar surface area (TPSA) is 93.6 Å². The minimum atomic E-state index is -0.595. The van der Waals surface area contributed by atoms with E-state index in [0.717, 1.165) is 39.7 Å². The first-order valence-electron chi connectivity index (χ1n) is 11.3. The van der Waals surface area contributed by atoms with Gasteiger partial charge in [0.2, 0.25) is 0 Å². The van der Waals surface area contributed by atoms with Gasteiger partial charge in [-0.05, 0) is 61.0 Å². The molecule has 178 valence electrons. The Balaban J connectivity index is 1.14. The molecular formula is C26H24N4O4S. The van der Waals surface area contributed by atoms with Crippen molar-refractivity contribution in [1.29, 1.82) is 0 Å². The lowest BCUT2D eigenvalue weighted by Crippen LogP contribution is -2.36. The standard InChI is InChI=1S/C26H24N4O4S/c1-17-2-8-21-22(14-17)35-25(29-21)18-3-6-20(7-4-18)28-24(31)16-34-26(32)19-5-9-23(27-15-19)30-10-12-33-13-11-30/h2-9,14-15H,10-13,16H2,1H3,(H,28,31). The van der Waals surface area contributed by atoms with Crippen molar-refractivity contribution in [2.24, 2.45) is 0 Å². The van der Waals surface area contributed by atoms with Gasteiger partial charge in [0.15, 0.2) is 6.61 Å². The number of fused-ring (bicyclic) bond motifs is 1. The Morgan fingerprint density at radius 3 is 2.63 bits per heavy atom. The van der Waals surface area contributed by atoms with Gasteiger partial charge in [-0.1, -0.05) is 6.07 Å². The second kappa shape index (κ2) is 10.2. The summed E-state index contributed by atoms with van der Waals surface area (Å²) in [6.45, 7) is 4.52. The number of morpholine rings is 1. The van der Waals surface area contributed by atoms with Crippen LogP contribution in [0.2, 0.25) is 0 Å². The van der Waals surface area contributed by atoms with Crippen LogP contribution in [-0.2, 0) is 14.3 Å². The fraction of sp³-hybridized carbons (Fsp3) is 0.231. The SMILES string of the molecule is Cc1ccc2nc(-c3ccc(NC(=O)COC(=O)c4ccc(N5CCOCC5)nc4)cc3)sc2c1. The minimum absolute atomic E-state index is 0.296. The van der Waals surface area contributed by atoms with Crippen LogP contribution in [0.15, 0.2) is 60.8 Å². The van der Waals surface area contributed by atoms with Crippen LogP contribution in [0.25, 0.3) is 20.8 Å². The quantitative estimate of drug-likeness (QED) is 0.405. The van der Waals surface area contributed by atoms with Gasteiger partial charge in [-0.15, -0.1) is 11.3 Å². The molecule has 35 heavy (non-hydrogen) atoms. The molecule has 9 heteroatoms. The summed E-state index contributed by atoms with van der Waals surface area (Å²) < 4.78 is 11.6. The van der Waals surface area contributed by atoms with Crippen molar-refractivity contribution in [3.8, 4) is 10.6 Å². The smallest absolute Gasteiger partial charge is 0.340 e. The van der Waals surface area contributed by atoms with E-state index in [1.807, 2.05) is 24.3 Å². The van der Waals surface area contributed by atoms with E-state index < -0.39 is 11.9 Å². The van der Waals surface area contributed by atoms with Crippen molar-refractivity contribution < 1.29 is 19.1 Å². The predicted octanol–water partition coefficient (Wildman–Crippen LogP) is 4.30. The van der Waals surface area contributed by atoms with Gasteiger partial charge in [0.05, 0.1) is 29.0 Å². The van der Waals surface area contributed by atoms with E-state index in [9.17, 15) is 9.59 Å². The number of thiazole rings is 1. The molecule has 0 unspecified atom stereocenters. The Morgan fingerprint density at radius 1 is 1.09 bits per heavy atom. The molecule has 0 bridgehead atoms. The summed E-state index contributed by atoms with van der Waals surface area (Å²) in [5, 5.41) is 3.67. The lowest BCUT2D eigenvalue weighted by Gasteiger charge is -2.27. The summed E-state index contributed by atoms with van der Waals surface area (Å²) >= 11 is 1.63. The predicted molar refractivity (Wildman–Crippen MR) is 136 cm³/mol. The number of anilines is 2. The Morgan fingerprint density at radius 2 is 1.89 bits per heavy atom. The summed E-state index contributed by atoms with van der Waals surface area (Å²) in [4.78, 5) is 35.7. The Labute approximate surface area is 206 Å². The third-order valence-electron chi connectivity index (χ3n) is 5.61. The monoisotopic (exact) mass is 488 g/mol. The van der Waals surface area contributed by atoms with Crippen molar-refractivity contribution in [3.63, 3.8) is 0 Å².